The maximum atomic E-state index is 12.9. The number of rotatable bonds is 7. The van der Waals surface area contributed by atoms with Gasteiger partial charge in [-0.25, -0.2) is 0 Å². The van der Waals surface area contributed by atoms with Gasteiger partial charge < -0.3 is 15.8 Å². The fraction of sp³-hybridized carbons (Fsp3) is 0.667. The van der Waals surface area contributed by atoms with Crippen molar-refractivity contribution in [3.8, 4) is 0 Å². The summed E-state index contributed by atoms with van der Waals surface area (Å²) >= 11 is 0. The van der Waals surface area contributed by atoms with Gasteiger partial charge in [0, 0.05) is 12.6 Å². The molecule has 0 saturated heterocycles. The summed E-state index contributed by atoms with van der Waals surface area (Å²) in [5.74, 6) is 0.596. The second-order valence-corrected chi connectivity index (χ2v) is 7.58. The van der Waals surface area contributed by atoms with E-state index in [0.29, 0.717) is 12.5 Å². The van der Waals surface area contributed by atoms with Crippen LogP contribution in [0.4, 0.5) is 0 Å². The van der Waals surface area contributed by atoms with Gasteiger partial charge in [-0.05, 0) is 43.2 Å². The summed E-state index contributed by atoms with van der Waals surface area (Å²) in [5, 5.41) is 3.19. The molecule has 138 valence electrons. The predicted octanol–water partition coefficient (Wildman–Crippen LogP) is 3.49. The van der Waals surface area contributed by atoms with E-state index in [0.717, 1.165) is 19.3 Å². The molecule has 1 amide bonds. The average molecular weight is 344 g/mol. The van der Waals surface area contributed by atoms with Gasteiger partial charge in [0.2, 0.25) is 0 Å². The molecule has 2 aliphatic rings. The van der Waals surface area contributed by atoms with Gasteiger partial charge in [0.25, 0.3) is 5.91 Å². The standard InChI is InChI=1S/C21H32N2O2/c1-2-25-20(18(22)14-15-8-4-3-5-9-15)21(24)23-19-13-12-16-10-6-7-11-17(16)19/h6-7,10-11,15,18-20H,2-5,8-9,12-14,22H2,1H3,(H,23,24)/t18-,19?,20?/m1/s1. The minimum Gasteiger partial charge on any atom is -0.367 e. The van der Waals surface area contributed by atoms with E-state index in [1.54, 1.807) is 0 Å². The van der Waals surface area contributed by atoms with Crippen LogP contribution in [0.1, 0.15) is 69.0 Å². The summed E-state index contributed by atoms with van der Waals surface area (Å²) in [7, 11) is 0. The molecule has 1 aromatic rings. The number of benzene rings is 1. The van der Waals surface area contributed by atoms with Gasteiger partial charge in [-0.15, -0.1) is 0 Å². The maximum absolute atomic E-state index is 12.9. The Kier molecular flexibility index (Phi) is 6.49. The highest BCUT2D eigenvalue weighted by molar-refractivity contribution is 5.82. The Morgan fingerprint density at radius 2 is 2.00 bits per heavy atom. The van der Waals surface area contributed by atoms with Crippen LogP contribution in [-0.2, 0) is 16.0 Å². The monoisotopic (exact) mass is 344 g/mol. The first-order valence-corrected chi connectivity index (χ1v) is 9.94. The van der Waals surface area contributed by atoms with Gasteiger partial charge in [0.1, 0.15) is 0 Å². The molecule has 2 unspecified atom stereocenters. The number of carbonyl (C=O) groups is 1. The van der Waals surface area contributed by atoms with Gasteiger partial charge >= 0.3 is 0 Å². The van der Waals surface area contributed by atoms with Crippen LogP contribution in [0.3, 0.4) is 0 Å². The largest absolute Gasteiger partial charge is 0.367 e. The Balaban J connectivity index is 1.60. The molecular weight excluding hydrogens is 312 g/mol. The molecule has 1 saturated carbocycles. The van der Waals surface area contributed by atoms with Crippen molar-refractivity contribution < 1.29 is 9.53 Å². The van der Waals surface area contributed by atoms with Crippen LogP contribution in [0.2, 0.25) is 0 Å². The highest BCUT2D eigenvalue weighted by Crippen LogP contribution is 2.31. The van der Waals surface area contributed by atoms with E-state index in [1.807, 2.05) is 13.0 Å². The van der Waals surface area contributed by atoms with Crippen molar-refractivity contribution >= 4 is 5.91 Å². The summed E-state index contributed by atoms with van der Waals surface area (Å²) in [5.41, 5.74) is 9.00. The molecule has 3 atom stereocenters. The molecule has 2 aliphatic carbocycles. The molecule has 0 bridgehead atoms. The van der Waals surface area contributed by atoms with Crippen LogP contribution in [0.5, 0.6) is 0 Å². The fourth-order valence-electron chi connectivity index (χ4n) is 4.47. The third-order valence-electron chi connectivity index (χ3n) is 5.77. The zero-order valence-electron chi connectivity index (χ0n) is 15.4. The number of hydrogen-bond donors (Lipinski definition) is 2. The maximum Gasteiger partial charge on any atom is 0.251 e. The number of aryl methyl sites for hydroxylation is 1. The van der Waals surface area contributed by atoms with Crippen LogP contribution in [-0.4, -0.2) is 24.7 Å². The number of nitrogens with two attached hydrogens (primary N) is 1. The smallest absolute Gasteiger partial charge is 0.251 e. The first kappa shape index (κ1) is 18.4. The minimum atomic E-state index is -0.542. The zero-order chi connectivity index (χ0) is 17.6. The van der Waals surface area contributed by atoms with E-state index in [2.05, 4.69) is 23.5 Å². The summed E-state index contributed by atoms with van der Waals surface area (Å²) in [6.07, 6.45) is 8.73. The van der Waals surface area contributed by atoms with Gasteiger partial charge in [0.05, 0.1) is 6.04 Å². The minimum absolute atomic E-state index is 0.0492. The van der Waals surface area contributed by atoms with E-state index in [4.69, 9.17) is 10.5 Å². The lowest BCUT2D eigenvalue weighted by atomic mass is 9.84. The summed E-state index contributed by atoms with van der Waals surface area (Å²) in [4.78, 5) is 12.9. The third-order valence-corrected chi connectivity index (χ3v) is 5.77. The van der Waals surface area contributed by atoms with Crippen LogP contribution in [0.15, 0.2) is 24.3 Å². The van der Waals surface area contributed by atoms with Crippen molar-refractivity contribution in [1.29, 1.82) is 0 Å². The summed E-state index contributed by atoms with van der Waals surface area (Å²) in [6.45, 7) is 2.44. The van der Waals surface area contributed by atoms with Crippen molar-refractivity contribution in [2.24, 2.45) is 11.7 Å². The number of hydrogen-bond acceptors (Lipinski definition) is 3. The average Bonchev–Trinajstić information content (AvgIpc) is 3.03. The van der Waals surface area contributed by atoms with E-state index in [9.17, 15) is 4.79 Å². The summed E-state index contributed by atoms with van der Waals surface area (Å²) < 4.78 is 5.77. The molecule has 0 heterocycles. The Bertz CT molecular complexity index is 569. The molecule has 0 aromatic heterocycles. The lowest BCUT2D eigenvalue weighted by molar-refractivity contribution is -0.135. The topological polar surface area (TPSA) is 64.3 Å². The molecular formula is C21H32N2O2. The van der Waals surface area contributed by atoms with E-state index < -0.39 is 6.10 Å². The quantitative estimate of drug-likeness (QED) is 0.796. The van der Waals surface area contributed by atoms with Crippen molar-refractivity contribution in [1.82, 2.24) is 5.32 Å². The molecule has 4 nitrogen and oxygen atoms in total. The molecule has 25 heavy (non-hydrogen) atoms. The second kappa shape index (κ2) is 8.81. The van der Waals surface area contributed by atoms with Crippen molar-refractivity contribution in [2.75, 3.05) is 6.61 Å². The molecule has 3 rings (SSSR count). The lowest BCUT2D eigenvalue weighted by Gasteiger charge is -2.29. The number of ether oxygens (including phenoxy) is 1. The number of amides is 1. The van der Waals surface area contributed by atoms with Crippen LogP contribution < -0.4 is 11.1 Å². The normalized spacial score (nSPS) is 23.0. The first-order chi connectivity index (χ1) is 12.2. The Hall–Kier alpha value is -1.39. The Morgan fingerprint density at radius 1 is 1.24 bits per heavy atom. The van der Waals surface area contributed by atoms with Gasteiger partial charge in [-0.2, -0.15) is 0 Å². The van der Waals surface area contributed by atoms with Crippen molar-refractivity contribution in [3.63, 3.8) is 0 Å². The SMILES string of the molecule is CCOC(C(=O)NC1CCc2ccccc21)[C@H](N)CC1CCCCC1. The lowest BCUT2D eigenvalue weighted by Crippen LogP contribution is -2.49. The predicted molar refractivity (Wildman–Crippen MR) is 100 cm³/mol. The van der Waals surface area contributed by atoms with Crippen molar-refractivity contribution in [2.45, 2.75) is 76.5 Å². The van der Waals surface area contributed by atoms with Crippen molar-refractivity contribution in [3.05, 3.63) is 35.4 Å². The van der Waals surface area contributed by atoms with Crippen LogP contribution in [0, 0.1) is 5.92 Å². The molecule has 0 spiro atoms. The number of nitrogens with one attached hydrogen (secondary N) is 1. The van der Waals surface area contributed by atoms with E-state index in [-0.39, 0.29) is 18.0 Å². The van der Waals surface area contributed by atoms with Crippen LogP contribution >= 0.6 is 0 Å². The second-order valence-electron chi connectivity index (χ2n) is 7.58. The highest BCUT2D eigenvalue weighted by atomic mass is 16.5. The van der Waals surface area contributed by atoms with E-state index >= 15 is 0 Å². The molecule has 3 N–H and O–H groups in total. The molecule has 1 aromatic carbocycles. The molecule has 1 fully saturated rings. The molecule has 0 radical (unpaired) electrons. The third kappa shape index (κ3) is 4.62. The number of fused-ring (bicyclic) bond motifs is 1. The van der Waals surface area contributed by atoms with E-state index in [1.165, 1.54) is 43.2 Å². The fourth-order valence-corrected chi connectivity index (χ4v) is 4.47. The van der Waals surface area contributed by atoms with Gasteiger partial charge in [-0.3, -0.25) is 4.79 Å². The van der Waals surface area contributed by atoms with Gasteiger partial charge in [-0.1, -0.05) is 56.4 Å². The Morgan fingerprint density at radius 3 is 2.76 bits per heavy atom. The number of carbonyl (C=O) groups excluding carboxylic acids is 1. The molecule has 4 heteroatoms. The highest BCUT2D eigenvalue weighted by Gasteiger charge is 2.32. The van der Waals surface area contributed by atoms with Gasteiger partial charge in [0.15, 0.2) is 6.10 Å². The Labute approximate surface area is 151 Å². The summed E-state index contributed by atoms with van der Waals surface area (Å²) in [6, 6.07) is 8.24. The molecule has 0 aliphatic heterocycles. The first-order valence-electron chi connectivity index (χ1n) is 9.94. The zero-order valence-corrected chi connectivity index (χ0v) is 15.4. The van der Waals surface area contributed by atoms with Crippen LogP contribution in [0.25, 0.3) is 0 Å².